The number of esters is 1. The van der Waals surface area contributed by atoms with Crippen molar-refractivity contribution in [3.63, 3.8) is 0 Å². The van der Waals surface area contributed by atoms with Gasteiger partial charge in [0.05, 0.1) is 5.56 Å². The number of hydrogen-bond donors (Lipinski definition) is 0. The van der Waals surface area contributed by atoms with E-state index in [1.54, 1.807) is 6.07 Å². The van der Waals surface area contributed by atoms with Gasteiger partial charge in [-0.3, -0.25) is 0 Å². The van der Waals surface area contributed by atoms with Crippen LogP contribution in [0.1, 0.15) is 21.5 Å². The molecule has 2 nitrogen and oxygen atoms in total. The van der Waals surface area contributed by atoms with E-state index in [1.807, 2.05) is 67.6 Å². The molecule has 114 valence electrons. The third-order valence-electron chi connectivity index (χ3n) is 3.68. The van der Waals surface area contributed by atoms with Crippen LogP contribution in [-0.2, 0) is 11.3 Å². The molecular formula is C21H18O2. The van der Waals surface area contributed by atoms with E-state index in [4.69, 9.17) is 4.74 Å². The SMILES string of the molecule is Cc1cccc(C(=O)OCc2ccc(-c3ccccc3)cc2)c1. The maximum Gasteiger partial charge on any atom is 0.338 e. The van der Waals surface area contributed by atoms with E-state index in [-0.39, 0.29) is 12.6 Å². The van der Waals surface area contributed by atoms with Gasteiger partial charge in [0, 0.05) is 0 Å². The van der Waals surface area contributed by atoms with E-state index >= 15 is 0 Å². The summed E-state index contributed by atoms with van der Waals surface area (Å²) in [4.78, 5) is 12.0. The van der Waals surface area contributed by atoms with Gasteiger partial charge in [0.2, 0.25) is 0 Å². The molecule has 0 aromatic heterocycles. The number of hydrogen-bond acceptors (Lipinski definition) is 2. The predicted molar refractivity (Wildman–Crippen MR) is 92.2 cm³/mol. The van der Waals surface area contributed by atoms with Crippen molar-refractivity contribution in [2.45, 2.75) is 13.5 Å². The van der Waals surface area contributed by atoms with E-state index in [2.05, 4.69) is 12.1 Å². The monoisotopic (exact) mass is 302 g/mol. The molecule has 0 saturated heterocycles. The summed E-state index contributed by atoms with van der Waals surface area (Å²) >= 11 is 0. The molecule has 3 aromatic carbocycles. The van der Waals surface area contributed by atoms with Gasteiger partial charge in [0.15, 0.2) is 0 Å². The van der Waals surface area contributed by atoms with Gasteiger partial charge in [-0.1, -0.05) is 72.3 Å². The standard InChI is InChI=1S/C21H18O2/c1-16-6-5-9-20(14-16)21(22)23-15-17-10-12-19(13-11-17)18-7-3-2-4-8-18/h2-14H,15H2,1H3. The normalized spacial score (nSPS) is 10.3. The molecule has 2 heteroatoms. The Morgan fingerprint density at radius 2 is 1.52 bits per heavy atom. The number of benzene rings is 3. The van der Waals surface area contributed by atoms with Crippen LogP contribution in [0.15, 0.2) is 78.9 Å². The van der Waals surface area contributed by atoms with Crippen LogP contribution < -0.4 is 0 Å². The van der Waals surface area contributed by atoms with Crippen molar-refractivity contribution in [3.05, 3.63) is 95.6 Å². The Morgan fingerprint density at radius 3 is 2.22 bits per heavy atom. The molecule has 3 aromatic rings. The first-order valence-electron chi connectivity index (χ1n) is 7.60. The molecular weight excluding hydrogens is 284 g/mol. The highest BCUT2D eigenvalue weighted by Crippen LogP contribution is 2.19. The second-order valence-corrected chi connectivity index (χ2v) is 5.51. The first-order valence-corrected chi connectivity index (χ1v) is 7.60. The summed E-state index contributed by atoms with van der Waals surface area (Å²) in [5.41, 5.74) is 4.94. The maximum absolute atomic E-state index is 12.0. The molecule has 0 atom stereocenters. The second-order valence-electron chi connectivity index (χ2n) is 5.51. The molecule has 0 unspecified atom stereocenters. The van der Waals surface area contributed by atoms with Gasteiger partial charge in [-0.15, -0.1) is 0 Å². The Morgan fingerprint density at radius 1 is 0.826 bits per heavy atom. The largest absolute Gasteiger partial charge is 0.457 e. The average molecular weight is 302 g/mol. The van der Waals surface area contributed by atoms with Gasteiger partial charge >= 0.3 is 5.97 Å². The summed E-state index contributed by atoms with van der Waals surface area (Å²) in [6, 6.07) is 25.7. The minimum Gasteiger partial charge on any atom is -0.457 e. The Hall–Kier alpha value is -2.87. The maximum atomic E-state index is 12.0. The highest BCUT2D eigenvalue weighted by molar-refractivity contribution is 5.89. The average Bonchev–Trinajstić information content (AvgIpc) is 2.61. The summed E-state index contributed by atoms with van der Waals surface area (Å²) in [5, 5.41) is 0. The van der Waals surface area contributed by atoms with Crippen molar-refractivity contribution in [1.29, 1.82) is 0 Å². The van der Waals surface area contributed by atoms with Crippen LogP contribution in [0.4, 0.5) is 0 Å². The molecule has 0 N–H and O–H groups in total. The van der Waals surface area contributed by atoms with Gasteiger partial charge in [-0.05, 0) is 35.7 Å². The molecule has 0 spiro atoms. The van der Waals surface area contributed by atoms with Crippen LogP contribution in [0.5, 0.6) is 0 Å². The molecule has 0 aliphatic rings. The molecule has 0 amide bonds. The molecule has 0 bridgehead atoms. The predicted octanol–water partition coefficient (Wildman–Crippen LogP) is 5.02. The summed E-state index contributed by atoms with van der Waals surface area (Å²) < 4.78 is 5.38. The van der Waals surface area contributed by atoms with Crippen LogP contribution in [0.25, 0.3) is 11.1 Å². The molecule has 0 aliphatic carbocycles. The molecule has 0 fully saturated rings. The molecule has 0 radical (unpaired) electrons. The topological polar surface area (TPSA) is 26.3 Å². The van der Waals surface area contributed by atoms with Crippen molar-refractivity contribution < 1.29 is 9.53 Å². The van der Waals surface area contributed by atoms with Crippen molar-refractivity contribution >= 4 is 5.97 Å². The number of aryl methyl sites for hydroxylation is 1. The highest BCUT2D eigenvalue weighted by Gasteiger charge is 2.07. The van der Waals surface area contributed by atoms with Crippen molar-refractivity contribution in [2.24, 2.45) is 0 Å². The minimum atomic E-state index is -0.291. The zero-order valence-corrected chi connectivity index (χ0v) is 13.0. The van der Waals surface area contributed by atoms with E-state index in [0.29, 0.717) is 5.56 Å². The first-order chi connectivity index (χ1) is 11.2. The van der Waals surface area contributed by atoms with Crippen LogP contribution in [0, 0.1) is 6.92 Å². The Labute approximate surface area is 136 Å². The van der Waals surface area contributed by atoms with Crippen molar-refractivity contribution in [2.75, 3.05) is 0 Å². The van der Waals surface area contributed by atoms with Gasteiger partial charge in [0.25, 0.3) is 0 Å². The lowest BCUT2D eigenvalue weighted by atomic mass is 10.0. The third-order valence-corrected chi connectivity index (χ3v) is 3.68. The molecule has 0 aliphatic heterocycles. The summed E-state index contributed by atoms with van der Waals surface area (Å²) in [6.45, 7) is 2.24. The van der Waals surface area contributed by atoms with E-state index in [0.717, 1.165) is 16.7 Å². The van der Waals surface area contributed by atoms with Gasteiger partial charge in [-0.2, -0.15) is 0 Å². The molecule has 0 saturated carbocycles. The van der Waals surface area contributed by atoms with E-state index in [1.165, 1.54) is 5.56 Å². The van der Waals surface area contributed by atoms with Crippen molar-refractivity contribution in [3.8, 4) is 11.1 Å². The Kier molecular flexibility index (Phi) is 4.53. The van der Waals surface area contributed by atoms with Crippen molar-refractivity contribution in [1.82, 2.24) is 0 Å². The van der Waals surface area contributed by atoms with Crippen LogP contribution in [0.2, 0.25) is 0 Å². The minimum absolute atomic E-state index is 0.280. The Bertz CT molecular complexity index is 790. The summed E-state index contributed by atoms with van der Waals surface area (Å²) in [7, 11) is 0. The zero-order valence-electron chi connectivity index (χ0n) is 13.0. The van der Waals surface area contributed by atoms with Gasteiger partial charge in [-0.25, -0.2) is 4.79 Å². The first kappa shape index (κ1) is 15.0. The van der Waals surface area contributed by atoms with Gasteiger partial charge in [0.1, 0.15) is 6.61 Å². The van der Waals surface area contributed by atoms with E-state index in [9.17, 15) is 4.79 Å². The number of carbonyl (C=O) groups excluding carboxylic acids is 1. The fraction of sp³-hybridized carbons (Fsp3) is 0.0952. The second kappa shape index (κ2) is 6.93. The van der Waals surface area contributed by atoms with E-state index < -0.39 is 0 Å². The quantitative estimate of drug-likeness (QED) is 0.633. The third kappa shape index (κ3) is 3.86. The lowest BCUT2D eigenvalue weighted by Crippen LogP contribution is -2.05. The number of carbonyl (C=O) groups is 1. The lowest BCUT2D eigenvalue weighted by molar-refractivity contribution is 0.0472. The van der Waals surface area contributed by atoms with Crippen LogP contribution in [-0.4, -0.2) is 5.97 Å². The fourth-order valence-corrected chi connectivity index (χ4v) is 2.43. The Balaban J connectivity index is 1.64. The summed E-state index contributed by atoms with van der Waals surface area (Å²) in [6.07, 6.45) is 0. The molecule has 23 heavy (non-hydrogen) atoms. The van der Waals surface area contributed by atoms with Gasteiger partial charge < -0.3 is 4.74 Å². The van der Waals surface area contributed by atoms with Crippen LogP contribution in [0.3, 0.4) is 0 Å². The molecule has 3 rings (SSSR count). The molecule has 0 heterocycles. The number of ether oxygens (including phenoxy) is 1. The smallest absolute Gasteiger partial charge is 0.338 e. The zero-order chi connectivity index (χ0) is 16.1. The fourth-order valence-electron chi connectivity index (χ4n) is 2.43. The van der Waals surface area contributed by atoms with Crippen LogP contribution >= 0.6 is 0 Å². The summed E-state index contributed by atoms with van der Waals surface area (Å²) in [5.74, 6) is -0.291. The highest BCUT2D eigenvalue weighted by atomic mass is 16.5. The number of rotatable bonds is 4. The lowest BCUT2D eigenvalue weighted by Gasteiger charge is -2.07.